The van der Waals surface area contributed by atoms with Gasteiger partial charge in [-0.2, -0.15) is 0 Å². The van der Waals surface area contributed by atoms with Crippen molar-refractivity contribution in [3.05, 3.63) is 24.3 Å². The predicted molar refractivity (Wildman–Crippen MR) is 83.0 cm³/mol. The second kappa shape index (κ2) is 6.25. The van der Waals surface area contributed by atoms with Gasteiger partial charge in [-0.1, -0.05) is 12.1 Å². The summed E-state index contributed by atoms with van der Waals surface area (Å²) in [6, 6.07) is 7.59. The number of hydrogen-bond acceptors (Lipinski definition) is 4. The van der Waals surface area contributed by atoms with E-state index >= 15 is 0 Å². The highest BCUT2D eigenvalue weighted by Gasteiger charge is 2.32. The standard InChI is InChI=1S/C16H21N3O3/c1-22-14-5-3-2-4-13(14)18-8-10-19(11-9-18)16(21)12-6-7-15(20)17-12/h2-5,12H,6-11H2,1H3,(H,17,20)/t12-/m0/s1. The molecule has 0 spiro atoms. The Kier molecular flexibility index (Phi) is 4.18. The Labute approximate surface area is 130 Å². The van der Waals surface area contributed by atoms with E-state index in [1.54, 1.807) is 7.11 Å². The lowest BCUT2D eigenvalue weighted by Gasteiger charge is -2.37. The molecule has 2 aliphatic heterocycles. The first kappa shape index (κ1) is 14.7. The van der Waals surface area contributed by atoms with Crippen molar-refractivity contribution in [2.24, 2.45) is 0 Å². The highest BCUT2D eigenvalue weighted by Crippen LogP contribution is 2.28. The summed E-state index contributed by atoms with van der Waals surface area (Å²) in [6.07, 6.45) is 1.07. The third-order valence-electron chi connectivity index (χ3n) is 4.31. The first-order chi connectivity index (χ1) is 10.7. The Balaban J connectivity index is 1.60. The number of carbonyl (C=O) groups excluding carboxylic acids is 2. The molecule has 1 atom stereocenters. The molecule has 1 aromatic carbocycles. The van der Waals surface area contributed by atoms with Gasteiger partial charge in [-0.3, -0.25) is 9.59 Å². The average Bonchev–Trinajstić information content (AvgIpc) is 3.01. The molecule has 2 amide bonds. The van der Waals surface area contributed by atoms with Crippen LogP contribution < -0.4 is 15.0 Å². The van der Waals surface area contributed by atoms with Gasteiger partial charge in [0.1, 0.15) is 11.8 Å². The van der Waals surface area contributed by atoms with Gasteiger partial charge in [0, 0.05) is 32.6 Å². The Bertz CT molecular complexity index is 568. The summed E-state index contributed by atoms with van der Waals surface area (Å²) < 4.78 is 5.40. The van der Waals surface area contributed by atoms with Crippen LogP contribution in [0.4, 0.5) is 5.69 Å². The maximum atomic E-state index is 12.4. The quantitative estimate of drug-likeness (QED) is 0.889. The van der Waals surface area contributed by atoms with Crippen LogP contribution >= 0.6 is 0 Å². The van der Waals surface area contributed by atoms with E-state index in [4.69, 9.17) is 4.74 Å². The van der Waals surface area contributed by atoms with Crippen LogP contribution in [0.15, 0.2) is 24.3 Å². The van der Waals surface area contributed by atoms with Crippen LogP contribution in [0.25, 0.3) is 0 Å². The molecule has 2 saturated heterocycles. The van der Waals surface area contributed by atoms with Crippen LogP contribution in [0, 0.1) is 0 Å². The van der Waals surface area contributed by atoms with Gasteiger partial charge < -0.3 is 19.9 Å². The van der Waals surface area contributed by atoms with Gasteiger partial charge in [0.25, 0.3) is 0 Å². The van der Waals surface area contributed by atoms with E-state index in [1.807, 2.05) is 29.2 Å². The second-order valence-electron chi connectivity index (χ2n) is 5.64. The fourth-order valence-electron chi connectivity index (χ4n) is 3.08. The Hall–Kier alpha value is -2.24. The van der Waals surface area contributed by atoms with Crippen molar-refractivity contribution in [2.75, 3.05) is 38.2 Å². The molecule has 0 radical (unpaired) electrons. The molecule has 118 valence electrons. The van der Waals surface area contributed by atoms with Crippen molar-refractivity contribution >= 4 is 17.5 Å². The molecule has 0 aliphatic carbocycles. The van der Waals surface area contributed by atoms with Gasteiger partial charge in [-0.25, -0.2) is 0 Å². The number of para-hydroxylation sites is 2. The molecular formula is C16H21N3O3. The minimum Gasteiger partial charge on any atom is -0.495 e. The lowest BCUT2D eigenvalue weighted by molar-refractivity contribution is -0.134. The van der Waals surface area contributed by atoms with E-state index in [1.165, 1.54) is 0 Å². The highest BCUT2D eigenvalue weighted by molar-refractivity contribution is 5.91. The van der Waals surface area contributed by atoms with Crippen LogP contribution in [0.2, 0.25) is 0 Å². The first-order valence-electron chi connectivity index (χ1n) is 7.65. The van der Waals surface area contributed by atoms with E-state index in [9.17, 15) is 9.59 Å². The number of nitrogens with zero attached hydrogens (tertiary/aromatic N) is 2. The van der Waals surface area contributed by atoms with Gasteiger partial charge in [-0.05, 0) is 18.6 Å². The maximum Gasteiger partial charge on any atom is 0.245 e. The van der Waals surface area contributed by atoms with Gasteiger partial charge in [0.2, 0.25) is 11.8 Å². The fraction of sp³-hybridized carbons (Fsp3) is 0.500. The fourth-order valence-corrected chi connectivity index (χ4v) is 3.08. The SMILES string of the molecule is COc1ccccc1N1CCN(C(=O)[C@@H]2CCC(=O)N2)CC1. The van der Waals surface area contributed by atoms with Crippen molar-refractivity contribution in [1.82, 2.24) is 10.2 Å². The van der Waals surface area contributed by atoms with Crippen LogP contribution in [0.3, 0.4) is 0 Å². The number of hydrogen-bond donors (Lipinski definition) is 1. The molecule has 6 nitrogen and oxygen atoms in total. The highest BCUT2D eigenvalue weighted by atomic mass is 16.5. The third-order valence-corrected chi connectivity index (χ3v) is 4.31. The summed E-state index contributed by atoms with van der Waals surface area (Å²) in [7, 11) is 1.67. The number of anilines is 1. The molecule has 22 heavy (non-hydrogen) atoms. The summed E-state index contributed by atoms with van der Waals surface area (Å²) in [5, 5.41) is 2.75. The summed E-state index contributed by atoms with van der Waals surface area (Å²) in [5.74, 6) is 0.877. The minimum absolute atomic E-state index is 0.0222. The Morgan fingerprint density at radius 1 is 1.23 bits per heavy atom. The Morgan fingerprint density at radius 3 is 2.59 bits per heavy atom. The van der Waals surface area contributed by atoms with Crippen molar-refractivity contribution in [3.8, 4) is 5.75 Å². The molecule has 0 aromatic heterocycles. The van der Waals surface area contributed by atoms with E-state index in [0.717, 1.165) is 24.5 Å². The average molecular weight is 303 g/mol. The third kappa shape index (κ3) is 2.86. The molecule has 1 N–H and O–H groups in total. The number of ether oxygens (including phenoxy) is 1. The normalized spacial score (nSPS) is 21.7. The zero-order valence-corrected chi connectivity index (χ0v) is 12.7. The van der Waals surface area contributed by atoms with Crippen molar-refractivity contribution in [3.63, 3.8) is 0 Å². The van der Waals surface area contributed by atoms with Gasteiger partial charge in [0.15, 0.2) is 0 Å². The molecular weight excluding hydrogens is 282 g/mol. The molecule has 0 unspecified atom stereocenters. The summed E-state index contributed by atoms with van der Waals surface area (Å²) in [5.41, 5.74) is 1.06. The second-order valence-corrected chi connectivity index (χ2v) is 5.64. The predicted octanol–water partition coefficient (Wildman–Crippen LogP) is 0.622. The maximum absolute atomic E-state index is 12.4. The van der Waals surface area contributed by atoms with Gasteiger partial charge in [0.05, 0.1) is 12.8 Å². The molecule has 0 bridgehead atoms. The first-order valence-corrected chi connectivity index (χ1v) is 7.65. The monoisotopic (exact) mass is 303 g/mol. The van der Waals surface area contributed by atoms with Crippen molar-refractivity contribution in [1.29, 1.82) is 0 Å². The smallest absolute Gasteiger partial charge is 0.245 e. The van der Waals surface area contributed by atoms with Gasteiger partial charge in [-0.15, -0.1) is 0 Å². The van der Waals surface area contributed by atoms with Crippen LogP contribution in [0.5, 0.6) is 5.75 Å². The van der Waals surface area contributed by atoms with E-state index in [2.05, 4.69) is 10.2 Å². The molecule has 3 rings (SSSR count). The van der Waals surface area contributed by atoms with E-state index < -0.39 is 0 Å². The lowest BCUT2D eigenvalue weighted by Crippen LogP contribution is -2.53. The molecule has 2 heterocycles. The lowest BCUT2D eigenvalue weighted by atomic mass is 10.1. The van der Waals surface area contributed by atoms with Crippen LogP contribution in [-0.4, -0.2) is 56.0 Å². The van der Waals surface area contributed by atoms with Crippen LogP contribution in [0.1, 0.15) is 12.8 Å². The topological polar surface area (TPSA) is 61.9 Å². The van der Waals surface area contributed by atoms with Crippen molar-refractivity contribution < 1.29 is 14.3 Å². The van der Waals surface area contributed by atoms with E-state index in [-0.39, 0.29) is 17.9 Å². The molecule has 1 aromatic rings. The largest absolute Gasteiger partial charge is 0.495 e. The molecule has 0 saturated carbocycles. The summed E-state index contributed by atoms with van der Waals surface area (Å²) in [6.45, 7) is 2.88. The zero-order valence-electron chi connectivity index (χ0n) is 12.7. The molecule has 6 heteroatoms. The Morgan fingerprint density at radius 2 is 1.95 bits per heavy atom. The number of benzene rings is 1. The number of amides is 2. The number of nitrogens with one attached hydrogen (secondary N) is 1. The molecule has 2 aliphatic rings. The van der Waals surface area contributed by atoms with Crippen molar-refractivity contribution in [2.45, 2.75) is 18.9 Å². The number of carbonyl (C=O) groups is 2. The summed E-state index contributed by atoms with van der Waals surface area (Å²) in [4.78, 5) is 27.7. The number of rotatable bonds is 3. The summed E-state index contributed by atoms with van der Waals surface area (Å²) >= 11 is 0. The zero-order chi connectivity index (χ0) is 15.5. The minimum atomic E-state index is -0.328. The van der Waals surface area contributed by atoms with Gasteiger partial charge >= 0.3 is 0 Å². The van der Waals surface area contributed by atoms with E-state index in [0.29, 0.717) is 25.9 Å². The molecule has 2 fully saturated rings. The number of methoxy groups -OCH3 is 1. The number of piperazine rings is 1. The van der Waals surface area contributed by atoms with Crippen LogP contribution in [-0.2, 0) is 9.59 Å².